The Balaban J connectivity index is 1.65. The van der Waals surface area contributed by atoms with Crippen molar-refractivity contribution in [3.63, 3.8) is 0 Å². The van der Waals surface area contributed by atoms with Crippen LogP contribution in [0.3, 0.4) is 0 Å². The fourth-order valence-electron chi connectivity index (χ4n) is 3.79. The van der Waals surface area contributed by atoms with Crippen LogP contribution in [0, 0.1) is 5.41 Å². The molecule has 0 bridgehead atoms. The van der Waals surface area contributed by atoms with E-state index in [1.807, 2.05) is 12.3 Å². The normalized spacial score (nSPS) is 22.7. The third kappa shape index (κ3) is 2.76. The maximum atomic E-state index is 9.18. The van der Waals surface area contributed by atoms with Gasteiger partial charge in [0.15, 0.2) is 0 Å². The maximum absolute atomic E-state index is 9.18. The summed E-state index contributed by atoms with van der Waals surface area (Å²) in [6, 6.07) is 4.09. The third-order valence-corrected chi connectivity index (χ3v) is 5.07. The number of hydrogen-bond donors (Lipinski definition) is 1. The summed E-state index contributed by atoms with van der Waals surface area (Å²) >= 11 is 0. The number of hydrogen-bond acceptors (Lipinski definition) is 3. The van der Waals surface area contributed by atoms with Crippen molar-refractivity contribution in [1.29, 1.82) is 0 Å². The van der Waals surface area contributed by atoms with Gasteiger partial charge in [0.1, 0.15) is 0 Å². The number of nitrogens with zero attached hydrogens (tertiary/aromatic N) is 2. The summed E-state index contributed by atoms with van der Waals surface area (Å²) in [6.07, 6.45) is 11.7. The molecule has 3 rings (SSSR count). The fourth-order valence-corrected chi connectivity index (χ4v) is 3.79. The Kier molecular flexibility index (Phi) is 3.74. The van der Waals surface area contributed by atoms with Gasteiger partial charge >= 0.3 is 0 Å². The van der Waals surface area contributed by atoms with Crippen molar-refractivity contribution < 1.29 is 5.11 Å². The average molecular weight is 260 g/mol. The van der Waals surface area contributed by atoms with E-state index in [0.717, 1.165) is 18.8 Å². The van der Waals surface area contributed by atoms with E-state index in [4.69, 9.17) is 0 Å². The molecule has 1 aromatic heterocycles. The highest BCUT2D eigenvalue weighted by atomic mass is 16.3. The first kappa shape index (κ1) is 12.9. The Labute approximate surface area is 115 Å². The van der Waals surface area contributed by atoms with E-state index in [1.54, 1.807) is 0 Å². The van der Waals surface area contributed by atoms with Gasteiger partial charge in [0.25, 0.3) is 0 Å². The molecule has 0 unspecified atom stereocenters. The molecule has 0 amide bonds. The largest absolute Gasteiger partial charge is 0.390 e. The molecule has 1 aliphatic heterocycles. The first-order chi connectivity index (χ1) is 9.31. The minimum atomic E-state index is 0.0334. The minimum absolute atomic E-state index is 0.0334. The lowest BCUT2D eigenvalue weighted by Crippen LogP contribution is -2.41. The summed E-state index contributed by atoms with van der Waals surface area (Å²) in [5.74, 6) is 0. The Morgan fingerprint density at radius 3 is 2.53 bits per heavy atom. The van der Waals surface area contributed by atoms with Crippen molar-refractivity contribution in [2.75, 3.05) is 18.0 Å². The van der Waals surface area contributed by atoms with Crippen LogP contribution >= 0.6 is 0 Å². The molecule has 3 nitrogen and oxygen atoms in total. The quantitative estimate of drug-likeness (QED) is 0.887. The van der Waals surface area contributed by atoms with Gasteiger partial charge in [-0.1, -0.05) is 19.3 Å². The molecular weight excluding hydrogens is 236 g/mol. The lowest BCUT2D eigenvalue weighted by Gasteiger charge is -2.45. The summed E-state index contributed by atoms with van der Waals surface area (Å²) in [6.45, 7) is 2.36. The second-order valence-electron chi connectivity index (χ2n) is 6.21. The van der Waals surface area contributed by atoms with Crippen molar-refractivity contribution >= 4 is 5.69 Å². The Hall–Kier alpha value is -1.09. The van der Waals surface area contributed by atoms with Crippen molar-refractivity contribution in [1.82, 2.24) is 4.98 Å². The summed E-state index contributed by atoms with van der Waals surface area (Å²) in [5, 5.41) is 9.18. The smallest absolute Gasteiger partial charge is 0.0853 e. The molecule has 19 heavy (non-hydrogen) atoms. The van der Waals surface area contributed by atoms with Crippen LogP contribution in [-0.2, 0) is 6.61 Å². The van der Waals surface area contributed by atoms with Gasteiger partial charge in [-0.05, 0) is 43.2 Å². The maximum Gasteiger partial charge on any atom is 0.0853 e. The lowest BCUT2D eigenvalue weighted by atomic mass is 9.68. The molecule has 0 atom stereocenters. The highest BCUT2D eigenvalue weighted by Crippen LogP contribution is 2.45. The lowest BCUT2D eigenvalue weighted by molar-refractivity contribution is 0.144. The molecule has 2 fully saturated rings. The van der Waals surface area contributed by atoms with E-state index in [0.29, 0.717) is 5.41 Å². The summed E-state index contributed by atoms with van der Waals surface area (Å²) in [4.78, 5) is 6.62. The molecule has 2 aliphatic rings. The number of aliphatic hydroxyl groups is 1. The molecule has 104 valence electrons. The molecule has 1 N–H and O–H groups in total. The van der Waals surface area contributed by atoms with Crippen LogP contribution in [0.1, 0.15) is 50.6 Å². The van der Waals surface area contributed by atoms with Crippen LogP contribution in [0.15, 0.2) is 18.3 Å². The van der Waals surface area contributed by atoms with Crippen molar-refractivity contribution in [3.05, 3.63) is 24.0 Å². The SMILES string of the molecule is OCc1cc(N2CCC3(CCCCC3)CC2)ccn1. The molecule has 1 spiro atoms. The van der Waals surface area contributed by atoms with Crippen molar-refractivity contribution in [2.45, 2.75) is 51.6 Å². The van der Waals surface area contributed by atoms with Gasteiger partial charge in [-0.25, -0.2) is 0 Å². The number of piperidine rings is 1. The summed E-state index contributed by atoms with van der Waals surface area (Å²) < 4.78 is 0. The summed E-state index contributed by atoms with van der Waals surface area (Å²) in [7, 11) is 0. The fraction of sp³-hybridized carbons (Fsp3) is 0.688. The van der Waals surface area contributed by atoms with Gasteiger partial charge in [0, 0.05) is 25.0 Å². The predicted molar refractivity (Wildman–Crippen MR) is 77.1 cm³/mol. The van der Waals surface area contributed by atoms with Gasteiger partial charge in [-0.2, -0.15) is 0 Å². The van der Waals surface area contributed by atoms with Crippen LogP contribution in [-0.4, -0.2) is 23.2 Å². The number of pyridine rings is 1. The molecule has 0 radical (unpaired) electrons. The van der Waals surface area contributed by atoms with Crippen LogP contribution in [0.4, 0.5) is 5.69 Å². The van der Waals surface area contributed by atoms with Crippen LogP contribution < -0.4 is 4.90 Å². The standard InChI is InChI=1S/C16H24N2O/c19-13-14-12-15(4-9-17-14)18-10-7-16(8-11-18)5-2-1-3-6-16/h4,9,12,19H,1-3,5-8,10-11,13H2. The Bertz CT molecular complexity index is 417. The molecule has 0 aromatic carbocycles. The molecule has 1 aliphatic carbocycles. The number of anilines is 1. The second kappa shape index (κ2) is 5.49. The van der Waals surface area contributed by atoms with E-state index in [1.165, 1.54) is 50.6 Å². The predicted octanol–water partition coefficient (Wildman–Crippen LogP) is 3.12. The van der Waals surface area contributed by atoms with Crippen molar-refractivity contribution in [3.8, 4) is 0 Å². The van der Waals surface area contributed by atoms with E-state index >= 15 is 0 Å². The monoisotopic (exact) mass is 260 g/mol. The zero-order chi connectivity index (χ0) is 13.1. The second-order valence-corrected chi connectivity index (χ2v) is 6.21. The van der Waals surface area contributed by atoms with Gasteiger partial charge in [-0.15, -0.1) is 0 Å². The molecular formula is C16H24N2O. The first-order valence-corrected chi connectivity index (χ1v) is 7.62. The van der Waals surface area contributed by atoms with E-state index in [2.05, 4.69) is 16.0 Å². The molecule has 1 saturated carbocycles. The minimum Gasteiger partial charge on any atom is -0.390 e. The molecule has 3 heteroatoms. The van der Waals surface area contributed by atoms with Gasteiger partial charge < -0.3 is 10.0 Å². The van der Waals surface area contributed by atoms with Gasteiger partial charge in [-0.3, -0.25) is 4.98 Å². The molecule has 2 heterocycles. The average Bonchev–Trinajstić information content (AvgIpc) is 2.49. The topological polar surface area (TPSA) is 36.4 Å². The zero-order valence-electron chi connectivity index (χ0n) is 11.6. The number of aliphatic hydroxyl groups excluding tert-OH is 1. The van der Waals surface area contributed by atoms with E-state index in [9.17, 15) is 5.11 Å². The van der Waals surface area contributed by atoms with Crippen molar-refractivity contribution in [2.24, 2.45) is 5.41 Å². The number of rotatable bonds is 2. The Morgan fingerprint density at radius 2 is 1.84 bits per heavy atom. The third-order valence-electron chi connectivity index (χ3n) is 5.07. The van der Waals surface area contributed by atoms with Crippen LogP contribution in [0.2, 0.25) is 0 Å². The zero-order valence-corrected chi connectivity index (χ0v) is 11.6. The van der Waals surface area contributed by atoms with E-state index in [-0.39, 0.29) is 6.61 Å². The van der Waals surface area contributed by atoms with Gasteiger partial charge in [0.05, 0.1) is 12.3 Å². The first-order valence-electron chi connectivity index (χ1n) is 7.62. The highest BCUT2D eigenvalue weighted by molar-refractivity contribution is 5.47. The Morgan fingerprint density at radius 1 is 1.11 bits per heavy atom. The number of aromatic nitrogens is 1. The van der Waals surface area contributed by atoms with Gasteiger partial charge in [0.2, 0.25) is 0 Å². The molecule has 1 aromatic rings. The molecule has 1 saturated heterocycles. The van der Waals surface area contributed by atoms with E-state index < -0.39 is 0 Å². The highest BCUT2D eigenvalue weighted by Gasteiger charge is 2.35. The van der Waals surface area contributed by atoms with Crippen LogP contribution in [0.25, 0.3) is 0 Å². The van der Waals surface area contributed by atoms with Crippen LogP contribution in [0.5, 0.6) is 0 Å². The summed E-state index contributed by atoms with van der Waals surface area (Å²) in [5.41, 5.74) is 2.65.